The van der Waals surface area contributed by atoms with Crippen molar-refractivity contribution < 1.29 is 38.1 Å². The minimum Gasteiger partial charge on any atom is -0.423 e. The summed E-state index contributed by atoms with van der Waals surface area (Å²) in [4.78, 5) is 59.6. The molecule has 0 amide bonds. The van der Waals surface area contributed by atoms with Crippen molar-refractivity contribution in [1.82, 2.24) is 4.40 Å². The summed E-state index contributed by atoms with van der Waals surface area (Å²) in [6.07, 6.45) is 1.54. The van der Waals surface area contributed by atoms with E-state index in [1.807, 2.05) is 0 Å². The third-order valence-electron chi connectivity index (χ3n) is 4.93. The summed E-state index contributed by atoms with van der Waals surface area (Å²) in [5.74, 6) is -2.53. The van der Waals surface area contributed by atoms with E-state index < -0.39 is 29.4 Å². The van der Waals surface area contributed by atoms with Crippen molar-refractivity contribution in [3.63, 3.8) is 0 Å². The minimum absolute atomic E-state index is 0.00616. The van der Waals surface area contributed by atoms with Crippen molar-refractivity contribution in [3.05, 3.63) is 52.9 Å². The molecule has 2 heterocycles. The van der Waals surface area contributed by atoms with Gasteiger partial charge in [0.25, 0.3) is 5.56 Å². The number of ether oxygens (including phenoxy) is 4. The number of benzene rings is 2. The van der Waals surface area contributed by atoms with Crippen molar-refractivity contribution in [2.45, 2.75) is 27.7 Å². The first-order valence-electron chi connectivity index (χ1n) is 10.4. The Bertz CT molecular complexity index is 1630. The fourth-order valence-corrected chi connectivity index (χ4v) is 3.72. The number of esters is 4. The quantitative estimate of drug-likeness (QED) is 0.188. The molecule has 0 N–H and O–H groups in total. The number of nitrogens with zero attached hydrogens (tertiary/aromatic N) is 1. The molecule has 0 radical (unpaired) electrons. The summed E-state index contributed by atoms with van der Waals surface area (Å²) in [6, 6.07) is 9.10. The van der Waals surface area contributed by atoms with E-state index >= 15 is 0 Å². The minimum atomic E-state index is -0.647. The summed E-state index contributed by atoms with van der Waals surface area (Å²) in [7, 11) is 0. The third-order valence-corrected chi connectivity index (χ3v) is 4.93. The van der Waals surface area contributed by atoms with Gasteiger partial charge in [0.15, 0.2) is 23.0 Å². The monoisotopic (exact) mass is 477 g/mol. The van der Waals surface area contributed by atoms with Crippen LogP contribution >= 0.6 is 0 Å². The molecule has 2 aromatic heterocycles. The van der Waals surface area contributed by atoms with Gasteiger partial charge >= 0.3 is 23.9 Å². The molecule has 10 nitrogen and oxygen atoms in total. The molecule has 178 valence electrons. The molecule has 0 aliphatic rings. The van der Waals surface area contributed by atoms with Gasteiger partial charge in [-0.3, -0.25) is 28.4 Å². The number of rotatable bonds is 4. The van der Waals surface area contributed by atoms with Gasteiger partial charge in [-0.25, -0.2) is 0 Å². The Morgan fingerprint density at radius 2 is 1.03 bits per heavy atom. The standard InChI is InChI=1S/C25H19NO9/c1-12(27)32-21-8-16-5-6-26-20(18(16)10-23(21)34-14(3)29)7-17-9-22(33-13(2)28)24(35-15(4)30)11-19(17)25(26)31/h5-11H,1-4H3. The van der Waals surface area contributed by atoms with E-state index in [4.69, 9.17) is 18.9 Å². The molecule has 0 saturated carbocycles. The van der Waals surface area contributed by atoms with E-state index in [1.165, 1.54) is 62.6 Å². The number of carbonyl (C=O) groups is 4. The molecular formula is C25H19NO9. The van der Waals surface area contributed by atoms with Gasteiger partial charge in [-0.2, -0.15) is 0 Å². The highest BCUT2D eigenvalue weighted by Gasteiger charge is 2.18. The molecule has 0 unspecified atom stereocenters. The summed E-state index contributed by atoms with van der Waals surface area (Å²) in [5, 5.41) is 1.75. The fraction of sp³-hybridized carbons (Fsp3) is 0.160. The van der Waals surface area contributed by atoms with E-state index in [-0.39, 0.29) is 28.4 Å². The van der Waals surface area contributed by atoms with Crippen LogP contribution in [0.5, 0.6) is 23.0 Å². The van der Waals surface area contributed by atoms with Crippen molar-refractivity contribution in [2.24, 2.45) is 0 Å². The first-order chi connectivity index (χ1) is 16.5. The fourth-order valence-electron chi connectivity index (χ4n) is 3.72. The average Bonchev–Trinajstić information content (AvgIpc) is 2.74. The Balaban J connectivity index is 2.05. The molecule has 0 atom stereocenters. The zero-order valence-corrected chi connectivity index (χ0v) is 19.2. The smallest absolute Gasteiger partial charge is 0.308 e. The van der Waals surface area contributed by atoms with Gasteiger partial charge in [-0.1, -0.05) is 0 Å². The largest absolute Gasteiger partial charge is 0.423 e. The highest BCUT2D eigenvalue weighted by molar-refractivity contribution is 6.02. The highest BCUT2D eigenvalue weighted by Crippen LogP contribution is 2.37. The van der Waals surface area contributed by atoms with Crippen LogP contribution in [0.15, 0.2) is 47.4 Å². The highest BCUT2D eigenvalue weighted by atomic mass is 16.6. The number of carbonyl (C=O) groups excluding carboxylic acids is 4. The summed E-state index contributed by atoms with van der Waals surface area (Å²) in [6.45, 7) is 4.81. The Morgan fingerprint density at radius 1 is 0.600 bits per heavy atom. The molecule has 0 spiro atoms. The molecule has 0 saturated heterocycles. The SMILES string of the molecule is CC(=O)Oc1cc2cc3c4cc(OC(C)=O)c(OC(C)=O)cc4ccn3c(=O)c2cc1OC(C)=O. The molecule has 0 fully saturated rings. The van der Waals surface area contributed by atoms with Gasteiger partial charge in [-0.15, -0.1) is 0 Å². The van der Waals surface area contributed by atoms with Gasteiger partial charge < -0.3 is 18.9 Å². The van der Waals surface area contributed by atoms with Gasteiger partial charge in [-0.05, 0) is 47.2 Å². The van der Waals surface area contributed by atoms with Gasteiger partial charge in [0.2, 0.25) is 0 Å². The van der Waals surface area contributed by atoms with Crippen molar-refractivity contribution in [1.29, 1.82) is 0 Å². The zero-order valence-electron chi connectivity index (χ0n) is 19.2. The van der Waals surface area contributed by atoms with Crippen LogP contribution in [0.25, 0.3) is 27.1 Å². The Hall–Kier alpha value is -4.73. The van der Waals surface area contributed by atoms with Crippen LogP contribution in [0.3, 0.4) is 0 Å². The average molecular weight is 477 g/mol. The molecular weight excluding hydrogens is 458 g/mol. The van der Waals surface area contributed by atoms with Crippen molar-refractivity contribution >= 4 is 50.9 Å². The Morgan fingerprint density at radius 3 is 1.51 bits per heavy atom. The van der Waals surface area contributed by atoms with E-state index in [1.54, 1.807) is 12.1 Å². The lowest BCUT2D eigenvalue weighted by Crippen LogP contribution is -2.15. The predicted molar refractivity (Wildman–Crippen MR) is 124 cm³/mol. The van der Waals surface area contributed by atoms with Crippen LogP contribution in [0.4, 0.5) is 0 Å². The van der Waals surface area contributed by atoms with Crippen molar-refractivity contribution in [3.8, 4) is 23.0 Å². The summed E-state index contributed by atoms with van der Waals surface area (Å²) < 4.78 is 22.1. The molecule has 35 heavy (non-hydrogen) atoms. The molecule has 0 aliphatic carbocycles. The molecule has 2 aromatic carbocycles. The maximum Gasteiger partial charge on any atom is 0.308 e. The number of hydrogen-bond donors (Lipinski definition) is 0. The van der Waals surface area contributed by atoms with E-state index in [0.717, 1.165) is 0 Å². The lowest BCUT2D eigenvalue weighted by molar-refractivity contribution is -0.134. The first-order valence-corrected chi connectivity index (χ1v) is 10.4. The van der Waals surface area contributed by atoms with E-state index in [9.17, 15) is 24.0 Å². The zero-order chi connectivity index (χ0) is 25.4. The number of pyridine rings is 2. The third kappa shape index (κ3) is 4.67. The van der Waals surface area contributed by atoms with Crippen LogP contribution < -0.4 is 24.5 Å². The van der Waals surface area contributed by atoms with Gasteiger partial charge in [0, 0.05) is 39.3 Å². The first kappa shape index (κ1) is 23.4. The summed E-state index contributed by atoms with van der Waals surface area (Å²) in [5.41, 5.74) is 0.0112. The van der Waals surface area contributed by atoms with E-state index in [0.29, 0.717) is 21.7 Å². The second-order valence-corrected chi connectivity index (χ2v) is 7.67. The topological polar surface area (TPSA) is 127 Å². The molecule has 4 aromatic rings. The Kier molecular flexibility index (Phi) is 5.96. The van der Waals surface area contributed by atoms with E-state index in [2.05, 4.69) is 0 Å². The lowest BCUT2D eigenvalue weighted by atomic mass is 10.1. The van der Waals surface area contributed by atoms with Crippen LogP contribution in [0, 0.1) is 0 Å². The van der Waals surface area contributed by atoms with Crippen molar-refractivity contribution in [2.75, 3.05) is 0 Å². The maximum absolute atomic E-state index is 13.3. The predicted octanol–water partition coefficient (Wildman–Crippen LogP) is 3.31. The second kappa shape index (κ2) is 8.90. The maximum atomic E-state index is 13.3. The van der Waals surface area contributed by atoms with Gasteiger partial charge in [0.1, 0.15) is 0 Å². The molecule has 0 bridgehead atoms. The number of hydrogen-bond acceptors (Lipinski definition) is 9. The van der Waals surface area contributed by atoms with Crippen LogP contribution in [0.2, 0.25) is 0 Å². The molecule has 4 rings (SSSR count). The lowest BCUT2D eigenvalue weighted by Gasteiger charge is -2.14. The normalized spacial score (nSPS) is 10.9. The molecule has 0 aliphatic heterocycles. The van der Waals surface area contributed by atoms with Crippen LogP contribution in [-0.2, 0) is 19.2 Å². The molecule has 10 heteroatoms. The summed E-state index contributed by atoms with van der Waals surface area (Å²) >= 11 is 0. The van der Waals surface area contributed by atoms with Gasteiger partial charge in [0.05, 0.1) is 10.9 Å². The number of aromatic nitrogens is 1. The number of fused-ring (bicyclic) bond motifs is 4. The van der Waals surface area contributed by atoms with Crippen LogP contribution in [-0.4, -0.2) is 28.3 Å². The van der Waals surface area contributed by atoms with Crippen LogP contribution in [0.1, 0.15) is 27.7 Å². The Labute approximate surface area is 197 Å². The second-order valence-electron chi connectivity index (χ2n) is 7.67.